The number of ether oxygens (including phenoxy) is 9. The first-order valence-electron chi connectivity index (χ1n) is 20.1. The minimum atomic E-state index is 0.543. The molecule has 0 heterocycles. The van der Waals surface area contributed by atoms with Crippen LogP contribution < -0.4 is 0 Å². The van der Waals surface area contributed by atoms with Crippen LogP contribution in [0.2, 0.25) is 0 Å². The average Bonchev–Trinajstić information content (AvgIpc) is 3.10. The minimum absolute atomic E-state index is 0.543. The molecule has 0 aliphatic carbocycles. The second kappa shape index (κ2) is 46.6. The smallest absolute Gasteiger partial charge is 0.0701 e. The summed E-state index contributed by atoms with van der Waals surface area (Å²) in [5.74, 6) is 0. The van der Waals surface area contributed by atoms with Crippen molar-refractivity contribution in [3.63, 3.8) is 0 Å². The molecule has 48 heavy (non-hydrogen) atoms. The van der Waals surface area contributed by atoms with Gasteiger partial charge in [-0.3, -0.25) is 0 Å². The molecule has 0 aliphatic heterocycles. The lowest BCUT2D eigenvalue weighted by molar-refractivity contribution is -0.0250. The second-order valence-corrected chi connectivity index (χ2v) is 12.5. The highest BCUT2D eigenvalue weighted by Gasteiger charge is 1.97. The van der Waals surface area contributed by atoms with Gasteiger partial charge in [0.15, 0.2) is 0 Å². The van der Waals surface area contributed by atoms with Gasteiger partial charge in [-0.1, -0.05) is 123 Å². The molecule has 0 fully saturated rings. The van der Waals surface area contributed by atoms with Gasteiger partial charge in [0.2, 0.25) is 0 Å². The van der Waals surface area contributed by atoms with Gasteiger partial charge < -0.3 is 42.6 Å². The van der Waals surface area contributed by atoms with E-state index in [1.54, 1.807) is 0 Å². The van der Waals surface area contributed by atoms with Crippen LogP contribution in [0.15, 0.2) is 0 Å². The highest BCUT2D eigenvalue weighted by molar-refractivity contribution is 4.50. The number of unbranched alkanes of at least 4 members (excludes halogenated alkanes) is 17. The summed E-state index contributed by atoms with van der Waals surface area (Å²) in [6.45, 7) is 15.4. The van der Waals surface area contributed by atoms with Crippen LogP contribution >= 0.6 is 0 Å². The Bertz CT molecular complexity index is 496. The summed E-state index contributed by atoms with van der Waals surface area (Å²) in [6, 6.07) is 0. The van der Waals surface area contributed by atoms with Crippen molar-refractivity contribution in [2.45, 2.75) is 136 Å². The third-order valence-corrected chi connectivity index (χ3v) is 8.01. The van der Waals surface area contributed by atoms with Gasteiger partial charge in [0, 0.05) is 13.2 Å². The summed E-state index contributed by atoms with van der Waals surface area (Å²) in [5, 5.41) is 0. The SMILES string of the molecule is CCCCCCCCCCCCCCCCCCOCCOCCOCCOCCOCCOCCOCCOCCOCCCCC. The maximum atomic E-state index is 5.69. The molecular formula is C39H80O9. The lowest BCUT2D eigenvalue weighted by Crippen LogP contribution is -2.15. The third kappa shape index (κ3) is 45.6. The van der Waals surface area contributed by atoms with Crippen molar-refractivity contribution in [1.29, 1.82) is 0 Å². The van der Waals surface area contributed by atoms with Crippen molar-refractivity contribution in [1.82, 2.24) is 0 Å². The van der Waals surface area contributed by atoms with Gasteiger partial charge in [0.1, 0.15) is 0 Å². The van der Waals surface area contributed by atoms with Gasteiger partial charge in [-0.25, -0.2) is 0 Å². The maximum Gasteiger partial charge on any atom is 0.0701 e. The van der Waals surface area contributed by atoms with Crippen LogP contribution in [0.3, 0.4) is 0 Å². The Hall–Kier alpha value is -0.360. The molecule has 9 heteroatoms. The van der Waals surface area contributed by atoms with Crippen molar-refractivity contribution < 1.29 is 42.6 Å². The molecule has 0 aromatic carbocycles. The molecular weight excluding hydrogens is 612 g/mol. The van der Waals surface area contributed by atoms with E-state index in [1.807, 2.05) is 0 Å². The molecule has 9 nitrogen and oxygen atoms in total. The first kappa shape index (κ1) is 47.6. The average molecular weight is 693 g/mol. The van der Waals surface area contributed by atoms with Gasteiger partial charge in [0.25, 0.3) is 0 Å². The molecule has 0 unspecified atom stereocenters. The van der Waals surface area contributed by atoms with Gasteiger partial charge in [0.05, 0.1) is 106 Å². The molecule has 0 radical (unpaired) electrons. The van der Waals surface area contributed by atoms with Crippen molar-refractivity contribution in [3.8, 4) is 0 Å². The molecule has 290 valence electrons. The highest BCUT2D eigenvalue weighted by atomic mass is 16.6. The van der Waals surface area contributed by atoms with E-state index < -0.39 is 0 Å². The molecule has 0 rings (SSSR count). The van der Waals surface area contributed by atoms with Gasteiger partial charge in [-0.15, -0.1) is 0 Å². The fraction of sp³-hybridized carbons (Fsp3) is 1.00. The van der Waals surface area contributed by atoms with Crippen molar-refractivity contribution >= 4 is 0 Å². The first-order chi connectivity index (χ1) is 23.9. The lowest BCUT2D eigenvalue weighted by Gasteiger charge is -2.09. The fourth-order valence-corrected chi connectivity index (χ4v) is 5.07. The van der Waals surface area contributed by atoms with E-state index in [1.165, 1.54) is 109 Å². The van der Waals surface area contributed by atoms with Crippen molar-refractivity contribution in [2.75, 3.05) is 119 Å². The van der Waals surface area contributed by atoms with E-state index in [0.717, 1.165) is 26.1 Å². The molecule has 0 aromatic heterocycles. The van der Waals surface area contributed by atoms with E-state index in [2.05, 4.69) is 13.8 Å². The highest BCUT2D eigenvalue weighted by Crippen LogP contribution is 2.13. The Morgan fingerprint density at radius 1 is 0.167 bits per heavy atom. The summed E-state index contributed by atoms with van der Waals surface area (Å²) in [5.41, 5.74) is 0. The third-order valence-electron chi connectivity index (χ3n) is 8.01. The zero-order valence-corrected chi connectivity index (χ0v) is 31.8. The molecule has 0 saturated heterocycles. The van der Waals surface area contributed by atoms with Crippen LogP contribution in [0.5, 0.6) is 0 Å². The normalized spacial score (nSPS) is 11.6. The summed E-state index contributed by atoms with van der Waals surface area (Å²) in [7, 11) is 0. The maximum absolute atomic E-state index is 5.69. The number of rotatable bonds is 45. The van der Waals surface area contributed by atoms with Crippen molar-refractivity contribution in [2.24, 2.45) is 0 Å². The molecule has 0 bridgehead atoms. The van der Waals surface area contributed by atoms with E-state index in [4.69, 9.17) is 42.6 Å². The molecule has 0 aromatic rings. The Kier molecular flexibility index (Phi) is 46.3. The van der Waals surface area contributed by atoms with Gasteiger partial charge in [-0.2, -0.15) is 0 Å². The minimum Gasteiger partial charge on any atom is -0.379 e. The Labute approximate surface area is 297 Å². The number of hydrogen-bond donors (Lipinski definition) is 0. The zero-order chi connectivity index (χ0) is 34.5. The molecule has 0 saturated carbocycles. The Morgan fingerprint density at radius 3 is 0.542 bits per heavy atom. The summed E-state index contributed by atoms with van der Waals surface area (Å²) in [6.07, 6.45) is 25.8. The fourth-order valence-electron chi connectivity index (χ4n) is 5.07. The van der Waals surface area contributed by atoms with Crippen LogP contribution in [0.1, 0.15) is 136 Å². The van der Waals surface area contributed by atoms with E-state index >= 15 is 0 Å². The first-order valence-corrected chi connectivity index (χ1v) is 20.1. The lowest BCUT2D eigenvalue weighted by atomic mass is 10.0. The predicted molar refractivity (Wildman–Crippen MR) is 196 cm³/mol. The summed E-state index contributed by atoms with van der Waals surface area (Å²) < 4.78 is 49.8. The Balaban J connectivity index is 3.04. The quantitative estimate of drug-likeness (QED) is 0.0583. The molecule has 0 atom stereocenters. The van der Waals surface area contributed by atoms with Crippen LogP contribution in [0, 0.1) is 0 Å². The van der Waals surface area contributed by atoms with E-state index in [0.29, 0.717) is 106 Å². The summed E-state index contributed by atoms with van der Waals surface area (Å²) >= 11 is 0. The topological polar surface area (TPSA) is 83.1 Å². The largest absolute Gasteiger partial charge is 0.379 e. The predicted octanol–water partition coefficient (Wildman–Crippen LogP) is 8.59. The summed E-state index contributed by atoms with van der Waals surface area (Å²) in [4.78, 5) is 0. The van der Waals surface area contributed by atoms with Crippen LogP contribution in [0.25, 0.3) is 0 Å². The standard InChI is InChI=1S/C39H80O9/c1-3-5-7-8-9-10-11-12-13-14-15-16-17-18-19-21-23-41-25-27-43-29-31-45-33-35-47-37-39-48-38-36-46-34-32-44-30-28-42-26-24-40-22-20-6-4-2/h3-39H2,1-2H3. The van der Waals surface area contributed by atoms with Crippen LogP contribution in [-0.4, -0.2) is 119 Å². The molecule has 0 aliphatic rings. The van der Waals surface area contributed by atoms with Crippen molar-refractivity contribution in [3.05, 3.63) is 0 Å². The van der Waals surface area contributed by atoms with Crippen LogP contribution in [0.4, 0.5) is 0 Å². The molecule has 0 amide bonds. The van der Waals surface area contributed by atoms with Gasteiger partial charge >= 0.3 is 0 Å². The Morgan fingerprint density at radius 2 is 0.312 bits per heavy atom. The van der Waals surface area contributed by atoms with E-state index in [9.17, 15) is 0 Å². The van der Waals surface area contributed by atoms with Crippen LogP contribution in [-0.2, 0) is 42.6 Å². The van der Waals surface area contributed by atoms with Gasteiger partial charge in [-0.05, 0) is 12.8 Å². The second-order valence-electron chi connectivity index (χ2n) is 12.5. The molecule has 0 N–H and O–H groups in total. The monoisotopic (exact) mass is 693 g/mol. The molecule has 0 spiro atoms. The number of hydrogen-bond acceptors (Lipinski definition) is 9. The zero-order valence-electron chi connectivity index (χ0n) is 31.8. The van der Waals surface area contributed by atoms with E-state index in [-0.39, 0.29) is 0 Å².